The minimum absolute atomic E-state index is 0.0480. The van der Waals surface area contributed by atoms with Crippen LogP contribution >= 0.6 is 0 Å². The fraction of sp³-hybridized carbons (Fsp3) is 0.333. The number of halogens is 14. The summed E-state index contributed by atoms with van der Waals surface area (Å²) in [4.78, 5) is 0. The summed E-state index contributed by atoms with van der Waals surface area (Å²) in [5, 5.41) is 19.6. The van der Waals surface area contributed by atoms with Crippen LogP contribution in [-0.4, -0.2) is 24.1 Å². The molecule has 0 fully saturated rings. The van der Waals surface area contributed by atoms with E-state index in [0.29, 0.717) is 0 Å². The largest absolute Gasteiger partial charge is 0.422 e. The molecule has 0 bridgehead atoms. The van der Waals surface area contributed by atoms with E-state index in [9.17, 15) is 72.0 Å². The minimum Gasteiger partial charge on any atom is -0.291 e. The van der Waals surface area contributed by atoms with Crippen molar-refractivity contribution < 1.29 is 65.9 Å². The topological polar surface area (TPSA) is 47.6 Å². The fourth-order valence-corrected chi connectivity index (χ4v) is 5.12. The molecule has 0 amide bonds. The Bertz CT molecular complexity index is 1630. The maximum absolute atomic E-state index is 15.0. The van der Waals surface area contributed by atoms with Crippen LogP contribution in [0.2, 0.25) is 0 Å². The van der Waals surface area contributed by atoms with E-state index < -0.39 is 108 Å². The van der Waals surface area contributed by atoms with E-state index in [1.165, 1.54) is 26.8 Å². The summed E-state index contributed by atoms with van der Waals surface area (Å²) in [6, 6.07) is 2.33. The van der Waals surface area contributed by atoms with Gasteiger partial charge in [-0.1, -0.05) is 0 Å². The predicted molar refractivity (Wildman–Crippen MR) is 122 cm³/mol. The van der Waals surface area contributed by atoms with Crippen LogP contribution < -0.4 is 0 Å². The highest BCUT2D eigenvalue weighted by Gasteiger charge is 2.55. The first-order chi connectivity index (χ1) is 20.2. The van der Waals surface area contributed by atoms with Gasteiger partial charge in [-0.05, 0) is 20.8 Å². The molecule has 0 radical (unpaired) electrons. The number of quaternary nitrogens is 1. The van der Waals surface area contributed by atoms with Crippen LogP contribution in [0.15, 0.2) is 16.8 Å². The molecule has 2 aromatic rings. The first kappa shape index (κ1) is 34.4. The molecule has 0 saturated carbocycles. The van der Waals surface area contributed by atoms with Gasteiger partial charge in [0.1, 0.15) is 28.8 Å². The number of hydrogen-bond donors (Lipinski definition) is 0. The van der Waals surface area contributed by atoms with Gasteiger partial charge in [0.05, 0.1) is 53.5 Å². The predicted octanol–water partition coefficient (Wildman–Crippen LogP) is 8.57. The second-order valence-corrected chi connectivity index (χ2v) is 9.33. The van der Waals surface area contributed by atoms with E-state index in [1.807, 2.05) is 0 Å². The molecule has 2 aromatic carbocycles. The van der Waals surface area contributed by atoms with Gasteiger partial charge < -0.3 is 0 Å². The average Bonchev–Trinajstić information content (AvgIpc) is 3.66. The normalized spacial score (nSPS) is 15.7. The third-order valence-corrected chi connectivity index (χ3v) is 7.43. The number of allylic oxidation sites excluding steroid dienone is 3. The summed E-state index contributed by atoms with van der Waals surface area (Å²) in [6.45, 7) is 4.23. The molecular weight excluding hydrogens is 632 g/mol. The highest BCUT2D eigenvalue weighted by Crippen LogP contribution is 2.57. The SMILES string of the molecule is CC[N+](CC)(CC)C1=C(C(C#N)c2c(F)c(F)c(C(F)(F)F)c(F)c2F)C/1=C(/C#N)c1c(F)c(F)c(C(F)(F)F)c(F)c1F. The monoisotopic (exact) mass is 648 g/mol. The number of likely N-dealkylation sites (N-methyl/N-ethyl adjacent to an activating group) is 1. The molecule has 17 heteroatoms. The van der Waals surface area contributed by atoms with Gasteiger partial charge in [0, 0.05) is 0 Å². The van der Waals surface area contributed by atoms with Gasteiger partial charge in [0.2, 0.25) is 0 Å². The molecule has 1 aliphatic carbocycles. The first-order valence-corrected chi connectivity index (χ1v) is 12.3. The zero-order valence-corrected chi connectivity index (χ0v) is 22.3. The van der Waals surface area contributed by atoms with Crippen LogP contribution in [0.4, 0.5) is 61.5 Å². The zero-order chi connectivity index (χ0) is 33.9. The maximum Gasteiger partial charge on any atom is 0.422 e. The lowest BCUT2D eigenvalue weighted by atomic mass is 9.92. The van der Waals surface area contributed by atoms with Gasteiger partial charge in [-0.15, -0.1) is 0 Å². The number of rotatable bonds is 7. The van der Waals surface area contributed by atoms with Crippen molar-refractivity contribution >= 4 is 5.57 Å². The van der Waals surface area contributed by atoms with Crippen molar-refractivity contribution in [1.29, 1.82) is 10.5 Å². The molecule has 0 N–H and O–H groups in total. The molecule has 0 spiro atoms. The average molecular weight is 648 g/mol. The number of hydrogen-bond acceptors (Lipinski definition) is 2. The number of nitrogens with zero attached hydrogens (tertiary/aromatic N) is 3. The molecular formula is C27H16F14N3+. The molecule has 0 aliphatic heterocycles. The summed E-state index contributed by atoms with van der Waals surface area (Å²) < 4.78 is 196. The van der Waals surface area contributed by atoms with Gasteiger partial charge in [-0.3, -0.25) is 4.48 Å². The van der Waals surface area contributed by atoms with E-state index in [4.69, 9.17) is 0 Å². The molecule has 236 valence electrons. The Balaban J connectivity index is 2.52. The minimum atomic E-state index is -5.96. The third-order valence-electron chi connectivity index (χ3n) is 7.43. The fourth-order valence-electron chi connectivity index (χ4n) is 5.12. The Morgan fingerprint density at radius 2 is 1.00 bits per heavy atom. The molecule has 0 aromatic heterocycles. The quantitative estimate of drug-likeness (QED) is 0.131. The summed E-state index contributed by atoms with van der Waals surface area (Å²) in [6.07, 6.45) is -11.9. The van der Waals surface area contributed by atoms with Crippen LogP contribution in [0.25, 0.3) is 5.57 Å². The summed E-state index contributed by atoms with van der Waals surface area (Å²) in [5.41, 5.74) is -13.5. The van der Waals surface area contributed by atoms with Gasteiger partial charge in [-0.2, -0.15) is 36.9 Å². The van der Waals surface area contributed by atoms with Crippen LogP contribution in [-0.2, 0) is 12.4 Å². The van der Waals surface area contributed by atoms with Crippen LogP contribution in [0, 0.1) is 69.2 Å². The lowest BCUT2D eigenvalue weighted by Gasteiger charge is -2.33. The lowest BCUT2D eigenvalue weighted by molar-refractivity contribution is -0.881. The summed E-state index contributed by atoms with van der Waals surface area (Å²) in [7, 11) is 0. The van der Waals surface area contributed by atoms with Gasteiger partial charge in [0.25, 0.3) is 0 Å². The number of nitriles is 2. The molecule has 0 saturated heterocycles. The van der Waals surface area contributed by atoms with E-state index in [2.05, 4.69) is 0 Å². The first-order valence-electron chi connectivity index (χ1n) is 12.3. The number of alkyl halides is 6. The Hall–Kier alpha value is -4.12. The van der Waals surface area contributed by atoms with Gasteiger partial charge in [0.15, 0.2) is 46.5 Å². The van der Waals surface area contributed by atoms with Crippen molar-refractivity contribution in [3.63, 3.8) is 0 Å². The molecule has 44 heavy (non-hydrogen) atoms. The summed E-state index contributed by atoms with van der Waals surface area (Å²) >= 11 is 0. The maximum atomic E-state index is 15.0. The van der Waals surface area contributed by atoms with Crippen molar-refractivity contribution in [2.24, 2.45) is 0 Å². The van der Waals surface area contributed by atoms with E-state index >= 15 is 0 Å². The van der Waals surface area contributed by atoms with Crippen molar-refractivity contribution in [2.75, 3.05) is 19.6 Å². The third kappa shape index (κ3) is 5.06. The Kier molecular flexibility index (Phi) is 8.92. The second kappa shape index (κ2) is 11.4. The van der Waals surface area contributed by atoms with Gasteiger partial charge >= 0.3 is 12.4 Å². The van der Waals surface area contributed by atoms with Crippen LogP contribution in [0.3, 0.4) is 0 Å². The Labute approximate surface area is 239 Å². The smallest absolute Gasteiger partial charge is 0.291 e. The molecule has 0 heterocycles. The molecule has 1 aliphatic rings. The molecule has 3 nitrogen and oxygen atoms in total. The second-order valence-electron chi connectivity index (χ2n) is 9.33. The van der Waals surface area contributed by atoms with E-state index in [1.54, 1.807) is 0 Å². The van der Waals surface area contributed by atoms with Crippen LogP contribution in [0.5, 0.6) is 0 Å². The van der Waals surface area contributed by atoms with Crippen molar-refractivity contribution in [3.05, 3.63) is 85.6 Å². The Morgan fingerprint density at radius 1 is 0.636 bits per heavy atom. The Morgan fingerprint density at radius 3 is 1.30 bits per heavy atom. The lowest BCUT2D eigenvalue weighted by Crippen LogP contribution is -2.44. The molecule has 3 rings (SSSR count). The molecule has 1 unspecified atom stereocenters. The number of benzene rings is 2. The van der Waals surface area contributed by atoms with Crippen molar-refractivity contribution in [2.45, 2.75) is 39.0 Å². The summed E-state index contributed by atoms with van der Waals surface area (Å²) in [5.74, 6) is -25.3. The standard InChI is InChI=1S/C27H16F14N3/c1-4-44(5-2,6-3)25-11(9(7-42)13-17(28)21(32)15(26(36,37)38)22(33)18(13)29)12(25)10(8-43)14-19(30)23(34)16(27(39,40)41)24(35)20(14)31/h9H,4-6H2,1-3H3/q+1/b12-10+. The van der Waals surface area contributed by atoms with E-state index in [-0.39, 0.29) is 25.3 Å². The van der Waals surface area contributed by atoms with Crippen LogP contribution in [0.1, 0.15) is 48.9 Å². The highest BCUT2D eigenvalue weighted by molar-refractivity contribution is 5.93. The van der Waals surface area contributed by atoms with Crippen molar-refractivity contribution in [1.82, 2.24) is 0 Å². The highest BCUT2D eigenvalue weighted by atomic mass is 19.4. The van der Waals surface area contributed by atoms with Crippen molar-refractivity contribution in [3.8, 4) is 12.1 Å². The molecule has 1 atom stereocenters. The van der Waals surface area contributed by atoms with Gasteiger partial charge in [-0.25, -0.2) is 35.1 Å². The zero-order valence-electron chi connectivity index (χ0n) is 22.3. The van der Waals surface area contributed by atoms with E-state index in [0.717, 1.165) is 6.07 Å².